The fraction of sp³-hybridized carbons (Fsp3) is 0.235. The maximum Gasteiger partial charge on any atom is 0.327 e. The lowest BCUT2D eigenvalue weighted by Crippen LogP contribution is -2.56. The summed E-state index contributed by atoms with van der Waals surface area (Å²) in [5.41, 5.74) is 2.50. The standard InChI is InChI=1S/C17H17N3O3/c21-16(20-10-9-19-11-15(20)17(22)23)14-3-1-12(2-4-14)13-5-7-18-8-6-13/h1-8,15,19H,9-11H2,(H,22,23). The van der Waals surface area contributed by atoms with Crippen LogP contribution in [-0.2, 0) is 4.79 Å². The minimum Gasteiger partial charge on any atom is -0.480 e. The maximum atomic E-state index is 12.6. The predicted octanol–water partition coefficient (Wildman–Crippen LogP) is 1.25. The molecule has 1 amide bonds. The molecule has 23 heavy (non-hydrogen) atoms. The number of carboxylic acid groups (broad SMARTS) is 1. The average Bonchev–Trinajstić information content (AvgIpc) is 2.62. The molecule has 0 saturated carbocycles. The first-order valence-electron chi connectivity index (χ1n) is 7.42. The quantitative estimate of drug-likeness (QED) is 0.891. The van der Waals surface area contributed by atoms with Crippen molar-refractivity contribution in [1.29, 1.82) is 0 Å². The molecular weight excluding hydrogens is 294 g/mol. The van der Waals surface area contributed by atoms with Crippen LogP contribution in [0.15, 0.2) is 48.8 Å². The van der Waals surface area contributed by atoms with Gasteiger partial charge >= 0.3 is 5.97 Å². The highest BCUT2D eigenvalue weighted by molar-refractivity contribution is 5.97. The molecular formula is C17H17N3O3. The summed E-state index contributed by atoms with van der Waals surface area (Å²) in [6.45, 7) is 1.27. The number of nitrogens with zero attached hydrogens (tertiary/aromatic N) is 2. The van der Waals surface area contributed by atoms with Gasteiger partial charge in [0.2, 0.25) is 0 Å². The second-order valence-electron chi connectivity index (χ2n) is 5.37. The zero-order chi connectivity index (χ0) is 16.2. The number of piperazine rings is 1. The van der Waals surface area contributed by atoms with Gasteiger partial charge < -0.3 is 15.3 Å². The minimum absolute atomic E-state index is 0.250. The molecule has 0 spiro atoms. The van der Waals surface area contributed by atoms with Crippen molar-refractivity contribution in [2.45, 2.75) is 6.04 Å². The van der Waals surface area contributed by atoms with E-state index in [2.05, 4.69) is 10.3 Å². The van der Waals surface area contributed by atoms with Gasteiger partial charge in [0.25, 0.3) is 5.91 Å². The SMILES string of the molecule is O=C(O)C1CNCCN1C(=O)c1ccc(-c2ccncc2)cc1. The number of hydrogen-bond donors (Lipinski definition) is 2. The Bertz CT molecular complexity index is 701. The molecule has 1 atom stereocenters. The lowest BCUT2D eigenvalue weighted by molar-refractivity contribution is -0.142. The van der Waals surface area contributed by atoms with E-state index in [-0.39, 0.29) is 12.5 Å². The van der Waals surface area contributed by atoms with Crippen LogP contribution in [0, 0.1) is 0 Å². The summed E-state index contributed by atoms with van der Waals surface area (Å²) in [5, 5.41) is 12.3. The van der Waals surface area contributed by atoms with E-state index in [0.29, 0.717) is 18.7 Å². The summed E-state index contributed by atoms with van der Waals surface area (Å²) >= 11 is 0. The number of hydrogen-bond acceptors (Lipinski definition) is 4. The third-order valence-corrected chi connectivity index (χ3v) is 3.93. The molecule has 0 radical (unpaired) electrons. The van der Waals surface area contributed by atoms with E-state index < -0.39 is 12.0 Å². The zero-order valence-electron chi connectivity index (χ0n) is 12.5. The molecule has 1 aliphatic heterocycles. The van der Waals surface area contributed by atoms with E-state index in [1.807, 2.05) is 24.3 Å². The molecule has 118 valence electrons. The summed E-state index contributed by atoms with van der Waals surface area (Å²) in [6.07, 6.45) is 3.43. The summed E-state index contributed by atoms with van der Waals surface area (Å²) in [6, 6.07) is 10.2. The zero-order valence-corrected chi connectivity index (χ0v) is 12.5. The van der Waals surface area contributed by atoms with Gasteiger partial charge in [0.15, 0.2) is 0 Å². The fourth-order valence-electron chi connectivity index (χ4n) is 2.68. The highest BCUT2D eigenvalue weighted by atomic mass is 16.4. The van der Waals surface area contributed by atoms with Crippen molar-refractivity contribution in [1.82, 2.24) is 15.2 Å². The first kappa shape index (κ1) is 15.2. The van der Waals surface area contributed by atoms with Crippen LogP contribution in [0.4, 0.5) is 0 Å². The van der Waals surface area contributed by atoms with Gasteiger partial charge in [-0.25, -0.2) is 4.79 Å². The summed E-state index contributed by atoms with van der Waals surface area (Å²) < 4.78 is 0. The number of amides is 1. The fourth-order valence-corrected chi connectivity index (χ4v) is 2.68. The van der Waals surface area contributed by atoms with Crippen molar-refractivity contribution in [2.75, 3.05) is 19.6 Å². The van der Waals surface area contributed by atoms with Gasteiger partial charge in [-0.2, -0.15) is 0 Å². The molecule has 1 fully saturated rings. The highest BCUT2D eigenvalue weighted by Crippen LogP contribution is 2.20. The molecule has 1 unspecified atom stereocenters. The first-order valence-corrected chi connectivity index (χ1v) is 7.42. The Morgan fingerprint density at radius 3 is 2.39 bits per heavy atom. The lowest BCUT2D eigenvalue weighted by atomic mass is 10.0. The summed E-state index contributed by atoms with van der Waals surface area (Å²) in [5.74, 6) is -1.24. The molecule has 1 aliphatic rings. The van der Waals surface area contributed by atoms with E-state index >= 15 is 0 Å². The van der Waals surface area contributed by atoms with Crippen LogP contribution >= 0.6 is 0 Å². The van der Waals surface area contributed by atoms with Gasteiger partial charge in [0.1, 0.15) is 6.04 Å². The number of carbonyl (C=O) groups excluding carboxylic acids is 1. The van der Waals surface area contributed by atoms with E-state index in [1.54, 1.807) is 24.5 Å². The second kappa shape index (κ2) is 6.58. The first-order chi connectivity index (χ1) is 11.2. The topological polar surface area (TPSA) is 82.5 Å². The molecule has 1 saturated heterocycles. The van der Waals surface area contributed by atoms with Crippen LogP contribution in [-0.4, -0.2) is 52.5 Å². The number of carboxylic acids is 1. The van der Waals surface area contributed by atoms with E-state index in [4.69, 9.17) is 0 Å². The number of nitrogens with one attached hydrogen (secondary N) is 1. The third kappa shape index (κ3) is 3.22. The molecule has 0 bridgehead atoms. The third-order valence-electron chi connectivity index (χ3n) is 3.93. The summed E-state index contributed by atoms with van der Waals surface area (Å²) in [7, 11) is 0. The normalized spacial score (nSPS) is 17.7. The molecule has 6 heteroatoms. The molecule has 1 aromatic heterocycles. The Kier molecular flexibility index (Phi) is 4.34. The number of aromatic nitrogens is 1. The van der Waals surface area contributed by atoms with Crippen LogP contribution in [0.25, 0.3) is 11.1 Å². The van der Waals surface area contributed by atoms with Gasteiger partial charge in [-0.05, 0) is 35.4 Å². The predicted molar refractivity (Wildman–Crippen MR) is 85.0 cm³/mol. The molecule has 2 heterocycles. The largest absolute Gasteiger partial charge is 0.480 e. The molecule has 0 aliphatic carbocycles. The van der Waals surface area contributed by atoms with Crippen molar-refractivity contribution in [3.8, 4) is 11.1 Å². The molecule has 1 aromatic carbocycles. The number of pyridine rings is 1. The van der Waals surface area contributed by atoms with E-state index in [0.717, 1.165) is 11.1 Å². The minimum atomic E-state index is -0.987. The maximum absolute atomic E-state index is 12.6. The average molecular weight is 311 g/mol. The van der Waals surface area contributed by atoms with E-state index in [1.165, 1.54) is 4.90 Å². The Morgan fingerprint density at radius 1 is 1.09 bits per heavy atom. The number of aliphatic carboxylic acids is 1. The van der Waals surface area contributed by atoms with Crippen LogP contribution in [0.3, 0.4) is 0 Å². The second-order valence-corrected chi connectivity index (χ2v) is 5.37. The molecule has 2 aromatic rings. The van der Waals surface area contributed by atoms with Gasteiger partial charge in [0, 0.05) is 37.6 Å². The Hall–Kier alpha value is -2.73. The summed E-state index contributed by atoms with van der Waals surface area (Å²) in [4.78, 5) is 29.3. The highest BCUT2D eigenvalue weighted by Gasteiger charge is 2.32. The monoisotopic (exact) mass is 311 g/mol. The van der Waals surface area contributed by atoms with Crippen molar-refractivity contribution in [3.05, 3.63) is 54.4 Å². The van der Waals surface area contributed by atoms with Crippen LogP contribution in [0.5, 0.6) is 0 Å². The van der Waals surface area contributed by atoms with Crippen molar-refractivity contribution in [3.63, 3.8) is 0 Å². The van der Waals surface area contributed by atoms with Crippen LogP contribution in [0.1, 0.15) is 10.4 Å². The Morgan fingerprint density at radius 2 is 1.74 bits per heavy atom. The van der Waals surface area contributed by atoms with Gasteiger partial charge in [-0.1, -0.05) is 12.1 Å². The smallest absolute Gasteiger partial charge is 0.327 e. The number of rotatable bonds is 3. The molecule has 6 nitrogen and oxygen atoms in total. The van der Waals surface area contributed by atoms with Gasteiger partial charge in [-0.15, -0.1) is 0 Å². The Balaban J connectivity index is 1.81. The Labute approximate surface area is 133 Å². The number of benzene rings is 1. The van der Waals surface area contributed by atoms with Crippen LogP contribution in [0.2, 0.25) is 0 Å². The van der Waals surface area contributed by atoms with Crippen molar-refractivity contribution < 1.29 is 14.7 Å². The van der Waals surface area contributed by atoms with Crippen LogP contribution < -0.4 is 5.32 Å². The van der Waals surface area contributed by atoms with Crippen molar-refractivity contribution >= 4 is 11.9 Å². The molecule has 2 N–H and O–H groups in total. The lowest BCUT2D eigenvalue weighted by Gasteiger charge is -2.33. The number of carbonyl (C=O) groups is 2. The van der Waals surface area contributed by atoms with Gasteiger partial charge in [-0.3, -0.25) is 9.78 Å². The van der Waals surface area contributed by atoms with Crippen molar-refractivity contribution in [2.24, 2.45) is 0 Å². The van der Waals surface area contributed by atoms with Gasteiger partial charge in [0.05, 0.1) is 0 Å². The molecule has 3 rings (SSSR count). The van der Waals surface area contributed by atoms with E-state index in [9.17, 15) is 14.7 Å².